The van der Waals surface area contributed by atoms with Crippen molar-refractivity contribution >= 4 is 15.7 Å². The third-order valence-corrected chi connectivity index (χ3v) is 6.93. The van der Waals surface area contributed by atoms with E-state index in [4.69, 9.17) is 9.15 Å². The molecule has 5 rings (SSSR count). The summed E-state index contributed by atoms with van der Waals surface area (Å²) in [5, 5.41) is 0. The molecule has 3 heterocycles. The Hall–Kier alpha value is -4.51. The van der Waals surface area contributed by atoms with E-state index in [1.807, 2.05) is 18.4 Å². The summed E-state index contributed by atoms with van der Waals surface area (Å²) in [5.41, 5.74) is 3.69. The highest BCUT2D eigenvalue weighted by Crippen LogP contribution is 2.25. The van der Waals surface area contributed by atoms with Crippen LogP contribution in [0.3, 0.4) is 0 Å². The van der Waals surface area contributed by atoms with Crippen molar-refractivity contribution in [1.29, 1.82) is 0 Å². The minimum absolute atomic E-state index is 0.130. The number of hydrogen-bond donors (Lipinski definition) is 1. The molecular formula is C25H22N6O4S. The van der Waals surface area contributed by atoms with E-state index < -0.39 is 10.0 Å². The second kappa shape index (κ2) is 9.27. The molecule has 0 saturated carbocycles. The van der Waals surface area contributed by atoms with Crippen molar-refractivity contribution in [2.24, 2.45) is 0 Å². The standard InChI is InChI=1S/C25H22N6O4S/c1-16-17(2)31(15-28-16)24-12-25(27-14-26-24)35-21-8-6-20(7-9-21)30-36(32,33)22-10-4-19(5-11-22)23-13-34-18(3)29-23/h4-15,30H,1-3H3. The van der Waals surface area contributed by atoms with E-state index in [9.17, 15) is 8.42 Å². The first-order valence-corrected chi connectivity index (χ1v) is 12.4. The van der Waals surface area contributed by atoms with Gasteiger partial charge in [0, 0.05) is 29.9 Å². The molecular weight excluding hydrogens is 480 g/mol. The number of anilines is 1. The fraction of sp³-hybridized carbons (Fsp3) is 0.120. The van der Waals surface area contributed by atoms with Crippen LogP contribution in [-0.2, 0) is 10.0 Å². The molecule has 11 heteroatoms. The van der Waals surface area contributed by atoms with E-state index in [0.717, 1.165) is 17.0 Å². The topological polar surface area (TPSA) is 125 Å². The molecule has 0 atom stereocenters. The summed E-state index contributed by atoms with van der Waals surface area (Å²) >= 11 is 0. The number of oxazole rings is 1. The van der Waals surface area contributed by atoms with Gasteiger partial charge in [0.1, 0.15) is 36.2 Å². The molecule has 0 aliphatic heterocycles. The van der Waals surface area contributed by atoms with Crippen LogP contribution in [0, 0.1) is 20.8 Å². The molecule has 0 fully saturated rings. The van der Waals surface area contributed by atoms with Crippen LogP contribution in [0.1, 0.15) is 17.3 Å². The summed E-state index contributed by atoms with van der Waals surface area (Å²) in [7, 11) is -3.78. The van der Waals surface area contributed by atoms with E-state index in [-0.39, 0.29) is 4.90 Å². The number of nitrogens with one attached hydrogen (secondary N) is 1. The van der Waals surface area contributed by atoms with Gasteiger partial charge in [-0.15, -0.1) is 0 Å². The lowest BCUT2D eigenvalue weighted by Crippen LogP contribution is -2.12. The highest BCUT2D eigenvalue weighted by Gasteiger charge is 2.15. The van der Waals surface area contributed by atoms with Gasteiger partial charge in [0.2, 0.25) is 5.88 Å². The number of nitrogens with zero attached hydrogens (tertiary/aromatic N) is 5. The predicted molar refractivity (Wildman–Crippen MR) is 133 cm³/mol. The van der Waals surface area contributed by atoms with Crippen LogP contribution < -0.4 is 9.46 Å². The average Bonchev–Trinajstić information content (AvgIpc) is 3.45. The molecule has 0 saturated heterocycles. The molecule has 0 bridgehead atoms. The van der Waals surface area contributed by atoms with Gasteiger partial charge in [-0.25, -0.2) is 28.4 Å². The summed E-state index contributed by atoms with van der Waals surface area (Å²) in [6.45, 7) is 5.63. The SMILES string of the molecule is Cc1nc(-c2ccc(S(=O)(=O)Nc3ccc(Oc4cc(-n5cnc(C)c5C)ncn4)cc3)cc2)co1. The van der Waals surface area contributed by atoms with Gasteiger partial charge in [-0.1, -0.05) is 12.1 Å². The zero-order valence-corrected chi connectivity index (χ0v) is 20.5. The molecule has 3 aromatic heterocycles. The van der Waals surface area contributed by atoms with Gasteiger partial charge in [0.15, 0.2) is 5.89 Å². The van der Waals surface area contributed by atoms with Crippen molar-refractivity contribution in [3.05, 3.63) is 90.8 Å². The number of benzene rings is 2. The van der Waals surface area contributed by atoms with Crippen LogP contribution >= 0.6 is 0 Å². The Bertz CT molecular complexity index is 1620. The van der Waals surface area contributed by atoms with Gasteiger partial charge in [-0.05, 0) is 50.2 Å². The first-order chi connectivity index (χ1) is 17.3. The average molecular weight is 503 g/mol. The Morgan fingerprint density at radius 1 is 0.944 bits per heavy atom. The normalized spacial score (nSPS) is 11.4. The van der Waals surface area contributed by atoms with Crippen LogP contribution in [0.15, 0.2) is 82.8 Å². The van der Waals surface area contributed by atoms with E-state index in [1.54, 1.807) is 55.7 Å². The largest absolute Gasteiger partial charge is 0.449 e. The van der Waals surface area contributed by atoms with Crippen molar-refractivity contribution in [3.63, 3.8) is 0 Å². The van der Waals surface area contributed by atoms with Crippen LogP contribution in [0.5, 0.6) is 11.6 Å². The van der Waals surface area contributed by atoms with Crippen molar-refractivity contribution in [2.75, 3.05) is 4.72 Å². The number of ether oxygens (including phenoxy) is 1. The second-order valence-electron chi connectivity index (χ2n) is 8.01. The lowest BCUT2D eigenvalue weighted by Gasteiger charge is -2.10. The number of imidazole rings is 1. The molecule has 5 aromatic rings. The van der Waals surface area contributed by atoms with Crippen molar-refractivity contribution < 1.29 is 17.6 Å². The summed E-state index contributed by atoms with van der Waals surface area (Å²) in [5.74, 6) is 2.02. The minimum atomic E-state index is -3.78. The number of aromatic nitrogens is 5. The highest BCUT2D eigenvalue weighted by molar-refractivity contribution is 7.92. The number of aryl methyl sites for hydroxylation is 2. The summed E-state index contributed by atoms with van der Waals surface area (Å²) < 4.78 is 41.1. The maximum Gasteiger partial charge on any atom is 0.261 e. The summed E-state index contributed by atoms with van der Waals surface area (Å²) in [6, 6.07) is 14.7. The Labute approximate surface area is 207 Å². The molecule has 0 spiro atoms. The Morgan fingerprint density at radius 2 is 1.69 bits per heavy atom. The summed E-state index contributed by atoms with van der Waals surface area (Å²) in [4.78, 5) is 17.1. The predicted octanol–water partition coefficient (Wildman–Crippen LogP) is 4.84. The fourth-order valence-electron chi connectivity index (χ4n) is 3.47. The van der Waals surface area contributed by atoms with Gasteiger partial charge in [0.25, 0.3) is 10.0 Å². The van der Waals surface area contributed by atoms with Crippen LogP contribution in [0.25, 0.3) is 17.1 Å². The van der Waals surface area contributed by atoms with Crippen molar-refractivity contribution in [2.45, 2.75) is 25.7 Å². The van der Waals surface area contributed by atoms with E-state index >= 15 is 0 Å². The van der Waals surface area contributed by atoms with Crippen LogP contribution in [0.2, 0.25) is 0 Å². The minimum Gasteiger partial charge on any atom is -0.449 e. The molecule has 1 N–H and O–H groups in total. The van der Waals surface area contributed by atoms with Crippen molar-refractivity contribution in [1.82, 2.24) is 24.5 Å². The summed E-state index contributed by atoms with van der Waals surface area (Å²) in [6.07, 6.45) is 4.64. The van der Waals surface area contributed by atoms with Crippen LogP contribution in [-0.4, -0.2) is 32.9 Å². The smallest absolute Gasteiger partial charge is 0.261 e. The number of rotatable bonds is 7. The third-order valence-electron chi connectivity index (χ3n) is 5.53. The molecule has 0 amide bonds. The zero-order chi connectivity index (χ0) is 25.3. The van der Waals surface area contributed by atoms with E-state index in [1.165, 1.54) is 24.7 Å². The molecule has 0 unspecified atom stereocenters. The van der Waals surface area contributed by atoms with Gasteiger partial charge in [-0.3, -0.25) is 9.29 Å². The maximum absolute atomic E-state index is 12.8. The van der Waals surface area contributed by atoms with Crippen LogP contribution in [0.4, 0.5) is 5.69 Å². The zero-order valence-electron chi connectivity index (χ0n) is 19.7. The maximum atomic E-state index is 12.8. The molecule has 2 aromatic carbocycles. The van der Waals surface area contributed by atoms with Gasteiger partial charge in [0.05, 0.1) is 10.6 Å². The van der Waals surface area contributed by atoms with Gasteiger partial charge in [-0.2, -0.15) is 0 Å². The highest BCUT2D eigenvalue weighted by atomic mass is 32.2. The van der Waals surface area contributed by atoms with E-state index in [2.05, 4.69) is 24.7 Å². The Balaban J connectivity index is 1.27. The van der Waals surface area contributed by atoms with Gasteiger partial charge < -0.3 is 9.15 Å². The molecule has 0 aliphatic rings. The monoisotopic (exact) mass is 502 g/mol. The molecule has 182 valence electrons. The third kappa shape index (κ3) is 4.82. The lowest BCUT2D eigenvalue weighted by atomic mass is 10.2. The lowest BCUT2D eigenvalue weighted by molar-refractivity contribution is 0.461. The fourth-order valence-corrected chi connectivity index (χ4v) is 4.53. The molecule has 36 heavy (non-hydrogen) atoms. The quantitative estimate of drug-likeness (QED) is 0.335. The van der Waals surface area contributed by atoms with Crippen molar-refractivity contribution in [3.8, 4) is 28.7 Å². The van der Waals surface area contributed by atoms with E-state index in [0.29, 0.717) is 34.7 Å². The first kappa shape index (κ1) is 23.2. The Morgan fingerprint density at radius 3 is 2.33 bits per heavy atom. The number of sulfonamides is 1. The molecule has 10 nitrogen and oxygen atoms in total. The molecule has 0 radical (unpaired) electrons. The number of hydrogen-bond acceptors (Lipinski definition) is 8. The Kier molecular flexibility index (Phi) is 5.98. The van der Waals surface area contributed by atoms with Gasteiger partial charge >= 0.3 is 0 Å². The second-order valence-corrected chi connectivity index (χ2v) is 9.69. The molecule has 0 aliphatic carbocycles. The first-order valence-electron chi connectivity index (χ1n) is 10.9.